The number of imidazole rings is 1. The van der Waals surface area contributed by atoms with Gasteiger partial charge in [0.25, 0.3) is 5.91 Å². The second kappa shape index (κ2) is 6.68. The van der Waals surface area contributed by atoms with Crippen LogP contribution < -0.4 is 5.32 Å². The van der Waals surface area contributed by atoms with E-state index in [9.17, 15) is 9.18 Å². The zero-order valence-electron chi connectivity index (χ0n) is 14.8. The molecular formula is C19H13FN8O. The molecule has 0 radical (unpaired) electrons. The molecule has 0 saturated heterocycles. The number of aromatic amines is 2. The number of halogens is 1. The van der Waals surface area contributed by atoms with Crippen LogP contribution in [0.15, 0.2) is 61.3 Å². The van der Waals surface area contributed by atoms with Crippen molar-refractivity contribution in [3.63, 3.8) is 0 Å². The number of nitrogens with zero attached hydrogens (tertiary/aromatic N) is 5. The molecule has 0 bridgehead atoms. The quantitative estimate of drug-likeness (QED) is 0.438. The smallest absolute Gasteiger partial charge is 0.274 e. The van der Waals surface area contributed by atoms with Gasteiger partial charge in [-0.2, -0.15) is 5.10 Å². The van der Waals surface area contributed by atoms with Gasteiger partial charge in [0.2, 0.25) is 0 Å². The predicted molar refractivity (Wildman–Crippen MR) is 103 cm³/mol. The number of hydrogen-bond acceptors (Lipinski definition) is 5. The summed E-state index contributed by atoms with van der Waals surface area (Å²) in [7, 11) is 0. The molecular weight excluding hydrogens is 375 g/mol. The molecule has 0 aliphatic carbocycles. The third-order valence-corrected chi connectivity index (χ3v) is 4.36. The van der Waals surface area contributed by atoms with E-state index < -0.39 is 11.7 Å². The molecule has 0 unspecified atom stereocenters. The monoisotopic (exact) mass is 388 g/mol. The Balaban J connectivity index is 1.47. The van der Waals surface area contributed by atoms with Crippen LogP contribution in [0.1, 0.15) is 10.5 Å². The maximum absolute atomic E-state index is 14.6. The maximum Gasteiger partial charge on any atom is 0.274 e. The Hall–Kier alpha value is -4.34. The van der Waals surface area contributed by atoms with Crippen molar-refractivity contribution in [1.82, 2.24) is 34.8 Å². The average molecular weight is 388 g/mol. The summed E-state index contributed by atoms with van der Waals surface area (Å²) in [4.78, 5) is 23.9. The highest BCUT2D eigenvalue weighted by molar-refractivity contribution is 6.07. The normalized spacial score (nSPS) is 11.1. The van der Waals surface area contributed by atoms with E-state index in [1.54, 1.807) is 6.20 Å². The highest BCUT2D eigenvalue weighted by Gasteiger charge is 2.19. The number of aromatic nitrogens is 7. The van der Waals surface area contributed by atoms with Gasteiger partial charge >= 0.3 is 0 Å². The second-order valence-corrected chi connectivity index (χ2v) is 6.22. The van der Waals surface area contributed by atoms with Gasteiger partial charge in [0, 0.05) is 11.6 Å². The lowest BCUT2D eigenvalue weighted by Gasteiger charge is -2.06. The molecule has 9 nitrogen and oxygen atoms in total. The lowest BCUT2D eigenvalue weighted by Crippen LogP contribution is -2.15. The Morgan fingerprint density at radius 2 is 2.03 bits per heavy atom. The molecule has 4 heterocycles. The van der Waals surface area contributed by atoms with Crippen LogP contribution in [0.2, 0.25) is 0 Å². The molecule has 0 fully saturated rings. The highest BCUT2D eigenvalue weighted by atomic mass is 19.1. The Morgan fingerprint density at radius 3 is 2.83 bits per heavy atom. The minimum Gasteiger partial charge on any atom is -0.345 e. The summed E-state index contributed by atoms with van der Waals surface area (Å²) >= 11 is 0. The molecule has 4 aromatic heterocycles. The molecule has 29 heavy (non-hydrogen) atoms. The van der Waals surface area contributed by atoms with Gasteiger partial charge in [-0.25, -0.2) is 18.9 Å². The van der Waals surface area contributed by atoms with E-state index in [0.29, 0.717) is 22.7 Å². The fourth-order valence-electron chi connectivity index (χ4n) is 2.96. The molecule has 142 valence electrons. The summed E-state index contributed by atoms with van der Waals surface area (Å²) in [5.74, 6) is -0.723. The maximum atomic E-state index is 14.6. The van der Waals surface area contributed by atoms with Gasteiger partial charge in [-0.3, -0.25) is 9.89 Å². The third-order valence-electron chi connectivity index (χ3n) is 4.36. The topological polar surface area (TPSA) is 117 Å². The van der Waals surface area contributed by atoms with Crippen molar-refractivity contribution in [2.75, 3.05) is 5.32 Å². The van der Waals surface area contributed by atoms with E-state index in [0.717, 1.165) is 5.56 Å². The Bertz CT molecular complexity index is 1310. The van der Waals surface area contributed by atoms with Crippen LogP contribution in [0.5, 0.6) is 0 Å². The van der Waals surface area contributed by atoms with Crippen LogP contribution in [-0.2, 0) is 0 Å². The lowest BCUT2D eigenvalue weighted by molar-refractivity contribution is 0.102. The summed E-state index contributed by atoms with van der Waals surface area (Å²) in [5, 5.41) is 13.4. The van der Waals surface area contributed by atoms with Crippen molar-refractivity contribution in [2.45, 2.75) is 0 Å². The van der Waals surface area contributed by atoms with E-state index in [1.165, 1.54) is 29.3 Å². The fraction of sp³-hybridized carbons (Fsp3) is 0. The number of hydrogen-bond donors (Lipinski definition) is 3. The number of carbonyl (C=O) groups excluding carboxylic acids is 1. The van der Waals surface area contributed by atoms with E-state index >= 15 is 0 Å². The molecule has 0 saturated carbocycles. The predicted octanol–water partition coefficient (Wildman–Crippen LogP) is 2.90. The number of pyridine rings is 1. The number of rotatable bonds is 4. The molecule has 0 aliphatic heterocycles. The molecule has 5 rings (SSSR count). The second-order valence-electron chi connectivity index (χ2n) is 6.22. The van der Waals surface area contributed by atoms with Crippen LogP contribution in [0.4, 0.5) is 10.1 Å². The third kappa shape index (κ3) is 3.02. The molecule has 5 aromatic rings. The minimum atomic E-state index is -0.641. The van der Waals surface area contributed by atoms with Crippen LogP contribution in [-0.4, -0.2) is 40.7 Å². The van der Waals surface area contributed by atoms with Gasteiger partial charge in [0.1, 0.15) is 5.69 Å². The summed E-state index contributed by atoms with van der Waals surface area (Å²) in [6.45, 7) is 0. The lowest BCUT2D eigenvalue weighted by atomic mass is 10.2. The van der Waals surface area contributed by atoms with Crippen molar-refractivity contribution in [2.24, 2.45) is 0 Å². The standard InChI is InChI=1S/C19H13FN8O/c20-13-9-28-16(25-18(27-28)11-4-2-1-3-5-11)6-14(13)24-19(29)17-12(7-23-26-17)15-8-21-10-22-15/h1-10H,(H,21,22)(H,23,26)(H,24,29). The number of nitrogens with one attached hydrogen (secondary N) is 3. The number of carbonyl (C=O) groups is 1. The van der Waals surface area contributed by atoms with Crippen molar-refractivity contribution in [1.29, 1.82) is 0 Å². The Morgan fingerprint density at radius 1 is 1.17 bits per heavy atom. The first-order valence-corrected chi connectivity index (χ1v) is 8.64. The number of H-pyrrole nitrogens is 2. The van der Waals surface area contributed by atoms with E-state index in [-0.39, 0.29) is 11.4 Å². The van der Waals surface area contributed by atoms with Gasteiger partial charge in [0.05, 0.1) is 41.9 Å². The summed E-state index contributed by atoms with van der Waals surface area (Å²) in [6, 6.07) is 10.8. The van der Waals surface area contributed by atoms with Crippen molar-refractivity contribution in [3.05, 3.63) is 72.8 Å². The van der Waals surface area contributed by atoms with Crippen molar-refractivity contribution in [3.8, 4) is 22.6 Å². The molecule has 1 aromatic carbocycles. The molecule has 1 amide bonds. The van der Waals surface area contributed by atoms with Gasteiger partial charge in [0.15, 0.2) is 17.3 Å². The SMILES string of the molecule is O=C(Nc1cc2nc(-c3ccccc3)nn2cc1F)c1[nH]ncc1-c1cnc[nH]1. The van der Waals surface area contributed by atoms with Gasteiger partial charge in [-0.05, 0) is 0 Å². The van der Waals surface area contributed by atoms with Crippen LogP contribution >= 0.6 is 0 Å². The first kappa shape index (κ1) is 16.8. The van der Waals surface area contributed by atoms with Crippen LogP contribution in [0, 0.1) is 5.82 Å². The Kier molecular flexibility index (Phi) is 3.87. The number of fused-ring (bicyclic) bond motifs is 1. The number of amides is 1. The zero-order valence-corrected chi connectivity index (χ0v) is 14.8. The molecule has 10 heteroatoms. The van der Waals surface area contributed by atoms with Crippen LogP contribution in [0.25, 0.3) is 28.3 Å². The Labute approximate surface area is 162 Å². The largest absolute Gasteiger partial charge is 0.345 e. The average Bonchev–Trinajstić information content (AvgIpc) is 3.48. The van der Waals surface area contributed by atoms with E-state index in [1.807, 2.05) is 30.3 Å². The highest BCUT2D eigenvalue weighted by Crippen LogP contribution is 2.23. The van der Waals surface area contributed by atoms with Gasteiger partial charge in [-0.1, -0.05) is 30.3 Å². The first-order chi connectivity index (χ1) is 14.2. The summed E-state index contributed by atoms with van der Waals surface area (Å²) in [6.07, 6.45) is 5.72. The number of anilines is 1. The van der Waals surface area contributed by atoms with Gasteiger partial charge < -0.3 is 10.3 Å². The summed E-state index contributed by atoms with van der Waals surface area (Å²) < 4.78 is 15.9. The fourth-order valence-corrected chi connectivity index (χ4v) is 2.96. The van der Waals surface area contributed by atoms with Crippen LogP contribution in [0.3, 0.4) is 0 Å². The molecule has 0 aliphatic rings. The van der Waals surface area contributed by atoms with E-state index in [4.69, 9.17) is 0 Å². The van der Waals surface area contributed by atoms with Gasteiger partial charge in [-0.15, -0.1) is 5.10 Å². The first-order valence-electron chi connectivity index (χ1n) is 8.64. The summed E-state index contributed by atoms with van der Waals surface area (Å²) in [5.41, 5.74) is 2.52. The van der Waals surface area contributed by atoms with Crippen molar-refractivity contribution < 1.29 is 9.18 Å². The number of benzene rings is 1. The molecule has 0 spiro atoms. The minimum absolute atomic E-state index is 0.0142. The molecule has 0 atom stereocenters. The zero-order chi connectivity index (χ0) is 19.8. The van der Waals surface area contributed by atoms with Crippen molar-refractivity contribution >= 4 is 17.2 Å². The molecule has 3 N–H and O–H groups in total. The van der Waals surface area contributed by atoms with E-state index in [2.05, 4.69) is 35.6 Å².